The Hall–Kier alpha value is -0.0800. The molecule has 0 spiro atoms. The Labute approximate surface area is 63.8 Å². The smallest absolute Gasteiger partial charge is 0.0112 e. The van der Waals surface area contributed by atoms with Gasteiger partial charge in [-0.3, -0.25) is 7.05 Å². The van der Waals surface area contributed by atoms with E-state index in [1.165, 1.54) is 12.8 Å². The van der Waals surface area contributed by atoms with Crippen LogP contribution in [0, 0.1) is 7.05 Å². The molecule has 1 rings (SSSR count). The maximum absolute atomic E-state index is 3.91. The van der Waals surface area contributed by atoms with E-state index in [1.54, 1.807) is 0 Å². The summed E-state index contributed by atoms with van der Waals surface area (Å²) in [6.45, 7) is 2.31. The van der Waals surface area contributed by atoms with Crippen LogP contribution in [0.2, 0.25) is 0 Å². The quantitative estimate of drug-likeness (QED) is 0.498. The zero-order valence-corrected chi connectivity index (χ0v) is 7.01. The second-order valence-electron chi connectivity index (χ2n) is 3.31. The second-order valence-corrected chi connectivity index (χ2v) is 3.31. The molecule has 0 aliphatic carbocycles. The summed E-state index contributed by atoms with van der Waals surface area (Å²) in [5.41, 5.74) is 0. The Kier molecular flexibility index (Phi) is 2.69. The van der Waals surface area contributed by atoms with Crippen LogP contribution in [0.4, 0.5) is 0 Å². The minimum atomic E-state index is 0.790. The van der Waals surface area contributed by atoms with Crippen molar-refractivity contribution >= 4 is 0 Å². The van der Waals surface area contributed by atoms with E-state index in [0.717, 1.165) is 19.1 Å². The highest BCUT2D eigenvalue weighted by Crippen LogP contribution is 2.12. The van der Waals surface area contributed by atoms with Crippen LogP contribution < -0.4 is 0 Å². The first-order chi connectivity index (χ1) is 4.70. The summed E-state index contributed by atoms with van der Waals surface area (Å²) in [5, 5.41) is 0. The Bertz CT molecular complexity index is 93.4. The summed E-state index contributed by atoms with van der Waals surface area (Å²) in [4.78, 5) is 4.47. The van der Waals surface area contributed by atoms with Crippen molar-refractivity contribution in [2.24, 2.45) is 0 Å². The minimum absolute atomic E-state index is 0.790. The number of piperidine rings is 1. The van der Waals surface area contributed by atoms with Gasteiger partial charge >= 0.3 is 0 Å². The summed E-state index contributed by atoms with van der Waals surface area (Å²) in [6.07, 6.45) is 2.55. The lowest BCUT2D eigenvalue weighted by Crippen LogP contribution is -2.39. The van der Waals surface area contributed by atoms with E-state index >= 15 is 0 Å². The van der Waals surface area contributed by atoms with Crippen molar-refractivity contribution in [3.63, 3.8) is 0 Å². The van der Waals surface area contributed by atoms with Gasteiger partial charge in [-0.2, -0.15) is 0 Å². The maximum atomic E-state index is 3.91. The van der Waals surface area contributed by atoms with Gasteiger partial charge in [-0.05, 0) is 40.0 Å². The molecule has 0 aromatic heterocycles. The van der Waals surface area contributed by atoms with E-state index in [4.69, 9.17) is 0 Å². The molecule has 0 radical (unpaired) electrons. The molecular weight excluding hydrogens is 124 g/mol. The molecule has 1 saturated heterocycles. The average Bonchev–Trinajstić information content (AvgIpc) is 1.88. The van der Waals surface area contributed by atoms with Crippen LogP contribution in [0.25, 0.3) is 0 Å². The van der Waals surface area contributed by atoms with Gasteiger partial charge in [-0.1, -0.05) is 0 Å². The highest BCUT2D eigenvalue weighted by atomic mass is 15.2. The van der Waals surface area contributed by atoms with Crippen LogP contribution in [-0.4, -0.2) is 43.0 Å². The fourth-order valence-electron chi connectivity index (χ4n) is 1.44. The van der Waals surface area contributed by atoms with Crippen LogP contribution in [0.1, 0.15) is 12.8 Å². The highest BCUT2D eigenvalue weighted by Gasteiger charge is 2.14. The van der Waals surface area contributed by atoms with Crippen LogP contribution in [0.5, 0.6) is 0 Å². The zero-order chi connectivity index (χ0) is 7.56. The van der Waals surface area contributed by atoms with E-state index < -0.39 is 0 Å². The van der Waals surface area contributed by atoms with E-state index in [2.05, 4.69) is 30.9 Å². The molecule has 0 amide bonds. The molecule has 0 unspecified atom stereocenters. The van der Waals surface area contributed by atoms with E-state index in [9.17, 15) is 0 Å². The van der Waals surface area contributed by atoms with Crippen LogP contribution >= 0.6 is 0 Å². The predicted molar refractivity (Wildman–Crippen MR) is 43.6 cm³/mol. The molecule has 2 heteroatoms. The van der Waals surface area contributed by atoms with Crippen molar-refractivity contribution in [1.82, 2.24) is 9.80 Å². The molecule has 0 N–H and O–H groups in total. The van der Waals surface area contributed by atoms with Crippen molar-refractivity contribution in [3.05, 3.63) is 7.05 Å². The minimum Gasteiger partial charge on any atom is -0.459 e. The molecule has 0 bridgehead atoms. The fourth-order valence-corrected chi connectivity index (χ4v) is 1.44. The predicted octanol–water partition coefficient (Wildman–Crippen LogP) is 0.804. The molecule has 2 nitrogen and oxygen atoms in total. The van der Waals surface area contributed by atoms with Gasteiger partial charge in [0.05, 0.1) is 0 Å². The standard InChI is InChI=1S/C8H17N2/c1-9(2)8-4-6-10(3)7-5-8/h8H,3-7H2,1-2H3/q-1. The van der Waals surface area contributed by atoms with Gasteiger partial charge < -0.3 is 9.80 Å². The molecule has 1 aliphatic heterocycles. The SMILES string of the molecule is [CH2-]N1CCC(N(C)C)CC1. The summed E-state index contributed by atoms with van der Waals surface area (Å²) < 4.78 is 0. The third-order valence-corrected chi connectivity index (χ3v) is 2.29. The van der Waals surface area contributed by atoms with Crippen molar-refractivity contribution < 1.29 is 0 Å². The van der Waals surface area contributed by atoms with Gasteiger partial charge in [0, 0.05) is 6.04 Å². The van der Waals surface area contributed by atoms with Crippen LogP contribution in [0.3, 0.4) is 0 Å². The van der Waals surface area contributed by atoms with Crippen molar-refractivity contribution in [2.45, 2.75) is 18.9 Å². The lowest BCUT2D eigenvalue weighted by molar-refractivity contribution is 0.177. The lowest BCUT2D eigenvalue weighted by atomic mass is 10.1. The normalized spacial score (nSPS) is 24.0. The topological polar surface area (TPSA) is 6.48 Å². The largest absolute Gasteiger partial charge is 0.459 e. The first-order valence-corrected chi connectivity index (χ1v) is 3.92. The summed E-state index contributed by atoms with van der Waals surface area (Å²) in [6, 6.07) is 0.790. The second kappa shape index (κ2) is 3.35. The molecule has 1 fully saturated rings. The third kappa shape index (κ3) is 1.96. The van der Waals surface area contributed by atoms with Gasteiger partial charge in [-0.15, -0.1) is 0 Å². The van der Waals surface area contributed by atoms with Gasteiger partial charge in [0.25, 0.3) is 0 Å². The Morgan fingerprint density at radius 3 is 2.20 bits per heavy atom. The molecule has 0 aromatic rings. The van der Waals surface area contributed by atoms with Crippen LogP contribution in [-0.2, 0) is 0 Å². The van der Waals surface area contributed by atoms with Crippen molar-refractivity contribution in [1.29, 1.82) is 0 Å². The molecule has 0 atom stereocenters. The molecule has 0 aromatic carbocycles. The highest BCUT2D eigenvalue weighted by molar-refractivity contribution is 4.75. The van der Waals surface area contributed by atoms with Gasteiger partial charge in [0.1, 0.15) is 0 Å². The van der Waals surface area contributed by atoms with Gasteiger partial charge in [-0.25, -0.2) is 0 Å². The molecule has 1 heterocycles. The zero-order valence-electron chi connectivity index (χ0n) is 7.01. The fraction of sp³-hybridized carbons (Fsp3) is 0.875. The average molecular weight is 141 g/mol. The monoisotopic (exact) mass is 141 g/mol. The number of hydrogen-bond acceptors (Lipinski definition) is 2. The van der Waals surface area contributed by atoms with Crippen molar-refractivity contribution in [3.8, 4) is 0 Å². The summed E-state index contributed by atoms with van der Waals surface area (Å²) in [5.74, 6) is 0. The summed E-state index contributed by atoms with van der Waals surface area (Å²) >= 11 is 0. The number of nitrogens with zero attached hydrogens (tertiary/aromatic N) is 2. The molecule has 1 aliphatic rings. The number of hydrogen-bond donors (Lipinski definition) is 0. The molecule has 0 saturated carbocycles. The first kappa shape index (κ1) is 8.02. The summed E-state index contributed by atoms with van der Waals surface area (Å²) in [7, 11) is 8.22. The number of rotatable bonds is 1. The van der Waals surface area contributed by atoms with Gasteiger partial charge in [0.2, 0.25) is 0 Å². The Morgan fingerprint density at radius 2 is 1.80 bits per heavy atom. The first-order valence-electron chi connectivity index (χ1n) is 3.92. The van der Waals surface area contributed by atoms with Crippen molar-refractivity contribution in [2.75, 3.05) is 27.2 Å². The maximum Gasteiger partial charge on any atom is 0.0112 e. The number of likely N-dealkylation sites (tertiary alicyclic amines) is 1. The molecular formula is C8H17N2-. The molecule has 10 heavy (non-hydrogen) atoms. The Morgan fingerprint density at radius 1 is 1.30 bits per heavy atom. The van der Waals surface area contributed by atoms with E-state index in [1.807, 2.05) is 0 Å². The Balaban J connectivity index is 2.26. The van der Waals surface area contributed by atoms with E-state index in [-0.39, 0.29) is 0 Å². The van der Waals surface area contributed by atoms with Gasteiger partial charge in [0.15, 0.2) is 0 Å². The van der Waals surface area contributed by atoms with E-state index in [0.29, 0.717) is 0 Å². The van der Waals surface area contributed by atoms with Crippen LogP contribution in [0.15, 0.2) is 0 Å². The lowest BCUT2D eigenvalue weighted by Gasteiger charge is -2.37. The third-order valence-electron chi connectivity index (χ3n) is 2.29. The molecule has 60 valence electrons.